The van der Waals surface area contributed by atoms with E-state index in [-0.39, 0.29) is 25.0 Å². The van der Waals surface area contributed by atoms with Crippen LogP contribution in [0.4, 0.5) is 4.79 Å². The van der Waals surface area contributed by atoms with E-state index in [1.54, 1.807) is 6.92 Å². The molecular weight excluding hydrogens is 236 g/mol. The van der Waals surface area contributed by atoms with Crippen molar-refractivity contribution in [2.45, 2.75) is 46.5 Å². The van der Waals surface area contributed by atoms with Crippen LogP contribution in [0.1, 0.15) is 46.5 Å². The highest BCUT2D eigenvalue weighted by atomic mass is 16.7. The fourth-order valence-corrected chi connectivity index (χ4v) is 2.08. The lowest BCUT2D eigenvalue weighted by atomic mass is 9.84. The van der Waals surface area contributed by atoms with Crippen molar-refractivity contribution >= 4 is 12.1 Å². The molecule has 0 amide bonds. The number of aliphatic carboxylic acids is 1. The molecule has 0 radical (unpaired) electrons. The molecule has 0 heterocycles. The monoisotopic (exact) mass is 260 g/mol. The van der Waals surface area contributed by atoms with Gasteiger partial charge in [-0.1, -0.05) is 20.3 Å². The van der Waals surface area contributed by atoms with E-state index >= 15 is 0 Å². The van der Waals surface area contributed by atoms with Gasteiger partial charge in [0, 0.05) is 0 Å². The van der Waals surface area contributed by atoms with E-state index in [4.69, 9.17) is 9.84 Å². The second kappa shape index (κ2) is 9.74. The van der Waals surface area contributed by atoms with Gasteiger partial charge in [-0.05, 0) is 32.1 Å². The van der Waals surface area contributed by atoms with Crippen molar-refractivity contribution in [3.8, 4) is 0 Å². The second-order valence-electron chi connectivity index (χ2n) is 4.22. The third kappa shape index (κ3) is 6.47. The first-order valence-electron chi connectivity index (χ1n) is 6.59. The summed E-state index contributed by atoms with van der Waals surface area (Å²) < 4.78 is 9.52. The van der Waals surface area contributed by atoms with Crippen molar-refractivity contribution in [3.05, 3.63) is 0 Å². The molecule has 0 saturated carbocycles. The van der Waals surface area contributed by atoms with Crippen molar-refractivity contribution in [1.82, 2.24) is 0 Å². The quantitative estimate of drug-likeness (QED) is 0.645. The van der Waals surface area contributed by atoms with Gasteiger partial charge in [0.25, 0.3) is 0 Å². The lowest BCUT2D eigenvalue weighted by molar-refractivity contribution is -0.144. The molecule has 0 aliphatic carbocycles. The molecule has 0 aromatic carbocycles. The number of rotatable bonds is 9. The van der Waals surface area contributed by atoms with Gasteiger partial charge in [0.05, 0.1) is 19.1 Å². The number of carbonyl (C=O) groups is 2. The lowest BCUT2D eigenvalue weighted by Crippen LogP contribution is -2.24. The van der Waals surface area contributed by atoms with E-state index in [2.05, 4.69) is 4.74 Å². The minimum absolute atomic E-state index is 0.0481. The Morgan fingerprint density at radius 3 is 2.22 bits per heavy atom. The molecule has 5 nitrogen and oxygen atoms in total. The highest BCUT2D eigenvalue weighted by Gasteiger charge is 2.25. The fraction of sp³-hybridized carbons (Fsp3) is 0.846. The summed E-state index contributed by atoms with van der Waals surface area (Å²) in [5.41, 5.74) is 0. The molecule has 0 aliphatic heterocycles. The minimum atomic E-state index is -0.771. The number of carboxylic acid groups (broad SMARTS) is 1. The molecule has 5 heteroatoms. The molecule has 18 heavy (non-hydrogen) atoms. The molecule has 0 aromatic heterocycles. The van der Waals surface area contributed by atoms with Crippen molar-refractivity contribution in [2.24, 2.45) is 11.8 Å². The molecule has 0 bridgehead atoms. The van der Waals surface area contributed by atoms with Gasteiger partial charge in [-0.2, -0.15) is 0 Å². The largest absolute Gasteiger partial charge is 0.508 e. The summed E-state index contributed by atoms with van der Waals surface area (Å²) in [5, 5.41) is 9.13. The maximum atomic E-state index is 11.1. The summed E-state index contributed by atoms with van der Waals surface area (Å²) >= 11 is 0. The van der Waals surface area contributed by atoms with Crippen LogP contribution in [0.25, 0.3) is 0 Å². The summed E-state index contributed by atoms with van der Waals surface area (Å²) in [6, 6.07) is 0. The lowest BCUT2D eigenvalue weighted by Gasteiger charge is -2.22. The summed E-state index contributed by atoms with van der Waals surface area (Å²) in [5.74, 6) is -1.09. The Balaban J connectivity index is 4.18. The van der Waals surface area contributed by atoms with Gasteiger partial charge in [0.1, 0.15) is 0 Å². The van der Waals surface area contributed by atoms with Crippen LogP contribution in [0.2, 0.25) is 0 Å². The number of hydrogen-bond donors (Lipinski definition) is 1. The van der Waals surface area contributed by atoms with Gasteiger partial charge in [0.2, 0.25) is 0 Å². The van der Waals surface area contributed by atoms with Crippen molar-refractivity contribution in [1.29, 1.82) is 0 Å². The SMILES string of the molecule is CCCC(CCOC(=O)OCC)C(CC)C(=O)O. The molecule has 0 saturated heterocycles. The second-order valence-corrected chi connectivity index (χ2v) is 4.22. The van der Waals surface area contributed by atoms with Gasteiger partial charge >= 0.3 is 12.1 Å². The highest BCUT2D eigenvalue weighted by molar-refractivity contribution is 5.70. The van der Waals surface area contributed by atoms with Crippen LogP contribution in [-0.2, 0) is 14.3 Å². The first-order chi connectivity index (χ1) is 8.56. The molecule has 2 atom stereocenters. The Bertz CT molecular complexity index is 252. The van der Waals surface area contributed by atoms with Crippen LogP contribution in [-0.4, -0.2) is 30.4 Å². The predicted molar refractivity (Wildman–Crippen MR) is 67.4 cm³/mol. The molecule has 106 valence electrons. The average Bonchev–Trinajstić information content (AvgIpc) is 2.29. The molecule has 0 spiro atoms. The number of hydrogen-bond acceptors (Lipinski definition) is 4. The third-order valence-corrected chi connectivity index (χ3v) is 2.96. The molecule has 1 N–H and O–H groups in total. The van der Waals surface area contributed by atoms with Gasteiger partial charge in [-0.3, -0.25) is 4.79 Å². The highest BCUT2D eigenvalue weighted by Crippen LogP contribution is 2.24. The van der Waals surface area contributed by atoms with Gasteiger partial charge in [0.15, 0.2) is 0 Å². The molecule has 0 aromatic rings. The molecule has 0 rings (SSSR count). The molecular formula is C13H24O5. The van der Waals surface area contributed by atoms with Crippen molar-refractivity contribution in [3.63, 3.8) is 0 Å². The maximum Gasteiger partial charge on any atom is 0.508 e. The summed E-state index contributed by atoms with van der Waals surface area (Å²) in [7, 11) is 0. The zero-order valence-corrected chi connectivity index (χ0v) is 11.5. The molecule has 0 fully saturated rings. The third-order valence-electron chi connectivity index (χ3n) is 2.96. The zero-order valence-electron chi connectivity index (χ0n) is 11.5. The van der Waals surface area contributed by atoms with Crippen LogP contribution in [0.3, 0.4) is 0 Å². The van der Waals surface area contributed by atoms with E-state index in [9.17, 15) is 9.59 Å². The Hall–Kier alpha value is -1.26. The fourth-order valence-electron chi connectivity index (χ4n) is 2.08. The summed E-state index contributed by atoms with van der Waals surface area (Å²) in [4.78, 5) is 22.1. The summed E-state index contributed by atoms with van der Waals surface area (Å²) in [6.07, 6.45) is 2.23. The summed E-state index contributed by atoms with van der Waals surface area (Å²) in [6.45, 7) is 6.09. The van der Waals surface area contributed by atoms with Crippen molar-refractivity contribution < 1.29 is 24.2 Å². The Morgan fingerprint density at radius 1 is 1.11 bits per heavy atom. The molecule has 2 unspecified atom stereocenters. The first-order valence-corrected chi connectivity index (χ1v) is 6.59. The smallest absolute Gasteiger partial charge is 0.481 e. The normalized spacial score (nSPS) is 13.7. The standard InChI is InChI=1S/C13H24O5/c1-4-7-10(11(5-2)12(14)15)8-9-18-13(16)17-6-3/h10-11H,4-9H2,1-3H3,(H,14,15). The maximum absolute atomic E-state index is 11.1. The van der Waals surface area contributed by atoms with E-state index in [0.29, 0.717) is 12.8 Å². The van der Waals surface area contributed by atoms with Crippen LogP contribution in [0.5, 0.6) is 0 Å². The number of ether oxygens (including phenoxy) is 2. The van der Waals surface area contributed by atoms with Crippen LogP contribution >= 0.6 is 0 Å². The average molecular weight is 260 g/mol. The minimum Gasteiger partial charge on any atom is -0.481 e. The van der Waals surface area contributed by atoms with E-state index in [1.165, 1.54) is 0 Å². The Labute approximate surface area is 108 Å². The predicted octanol–water partition coefficient (Wildman–Crippen LogP) is 3.08. The first kappa shape index (κ1) is 16.7. The van der Waals surface area contributed by atoms with Crippen LogP contribution in [0, 0.1) is 11.8 Å². The van der Waals surface area contributed by atoms with Gasteiger partial charge in [-0.15, -0.1) is 0 Å². The van der Waals surface area contributed by atoms with E-state index in [1.807, 2.05) is 13.8 Å². The Kier molecular flexibility index (Phi) is 9.06. The van der Waals surface area contributed by atoms with E-state index < -0.39 is 12.1 Å². The van der Waals surface area contributed by atoms with Crippen molar-refractivity contribution in [2.75, 3.05) is 13.2 Å². The Morgan fingerprint density at radius 2 is 1.78 bits per heavy atom. The van der Waals surface area contributed by atoms with Gasteiger partial charge in [-0.25, -0.2) is 4.79 Å². The van der Waals surface area contributed by atoms with E-state index in [0.717, 1.165) is 12.8 Å². The van der Waals surface area contributed by atoms with Crippen LogP contribution in [0.15, 0.2) is 0 Å². The number of carbonyl (C=O) groups excluding carboxylic acids is 1. The number of carboxylic acids is 1. The molecule has 0 aliphatic rings. The van der Waals surface area contributed by atoms with Gasteiger partial charge < -0.3 is 14.6 Å². The topological polar surface area (TPSA) is 72.8 Å². The van der Waals surface area contributed by atoms with Crippen LogP contribution < -0.4 is 0 Å². The zero-order chi connectivity index (χ0) is 14.0.